The third kappa shape index (κ3) is 4.16. The lowest BCUT2D eigenvalue weighted by atomic mass is 9.91. The number of anilines is 1. The Morgan fingerprint density at radius 1 is 1.18 bits per heavy atom. The van der Waals surface area contributed by atoms with Crippen LogP contribution >= 0.6 is 0 Å². The summed E-state index contributed by atoms with van der Waals surface area (Å²) in [7, 11) is 0. The van der Waals surface area contributed by atoms with Gasteiger partial charge in [-0.1, -0.05) is 12.1 Å². The van der Waals surface area contributed by atoms with Crippen LogP contribution in [0, 0.1) is 17.0 Å². The van der Waals surface area contributed by atoms with Gasteiger partial charge in [-0.25, -0.2) is 4.79 Å². The molecule has 1 fully saturated rings. The Balaban J connectivity index is 1.52. The maximum absolute atomic E-state index is 13.2. The molecule has 0 aliphatic carbocycles. The summed E-state index contributed by atoms with van der Waals surface area (Å²) in [6, 6.07) is 8.32. The molecule has 0 aromatic heterocycles. The summed E-state index contributed by atoms with van der Waals surface area (Å²) >= 11 is 0. The predicted molar refractivity (Wildman–Crippen MR) is 116 cm³/mol. The van der Waals surface area contributed by atoms with Gasteiger partial charge < -0.3 is 20.1 Å². The molecule has 2 aliphatic heterocycles. The van der Waals surface area contributed by atoms with E-state index >= 15 is 0 Å². The number of hydrogen-bond acceptors (Lipinski definition) is 7. The number of ether oxygens (including phenoxy) is 2. The summed E-state index contributed by atoms with van der Waals surface area (Å²) in [4.78, 5) is 49.6. The van der Waals surface area contributed by atoms with Crippen LogP contribution < -0.4 is 20.1 Å². The van der Waals surface area contributed by atoms with Gasteiger partial charge in [-0.3, -0.25) is 24.6 Å². The normalized spacial score (nSPS) is 19.6. The first-order chi connectivity index (χ1) is 15.7. The first-order valence-corrected chi connectivity index (χ1v) is 10.3. The Hall–Kier alpha value is -4.15. The molecular weight excluding hydrogens is 432 g/mol. The third-order valence-corrected chi connectivity index (χ3v) is 5.61. The van der Waals surface area contributed by atoms with Crippen LogP contribution in [0.3, 0.4) is 0 Å². The predicted octanol–water partition coefficient (Wildman–Crippen LogP) is 2.47. The standard InChI is InChI=1S/C22H22N4O7/c1-13-4-6-15(26(30)31)11-16(13)23-19(27)12-25-20(28)22(2,24-21(25)29)14-5-7-17-18(10-14)33-9-3-8-32-17/h4-7,10-11H,3,8-9,12H2,1-2H3,(H,23,27)(H,24,29). The Bertz CT molecular complexity index is 1170. The number of non-ortho nitro benzene ring substituents is 1. The minimum atomic E-state index is -1.40. The van der Waals surface area contributed by atoms with E-state index in [0.29, 0.717) is 35.8 Å². The van der Waals surface area contributed by atoms with Crippen molar-refractivity contribution in [1.29, 1.82) is 0 Å². The molecule has 0 saturated carbocycles. The van der Waals surface area contributed by atoms with E-state index in [1.54, 1.807) is 32.0 Å². The number of nitrogens with zero attached hydrogens (tertiary/aromatic N) is 2. The summed E-state index contributed by atoms with van der Waals surface area (Å²) in [6.07, 6.45) is 0.726. The summed E-state index contributed by atoms with van der Waals surface area (Å²) < 4.78 is 11.3. The van der Waals surface area contributed by atoms with E-state index in [9.17, 15) is 24.5 Å². The number of amides is 4. The van der Waals surface area contributed by atoms with Crippen molar-refractivity contribution in [2.45, 2.75) is 25.8 Å². The number of nitro benzene ring substituents is 1. The maximum atomic E-state index is 13.2. The number of urea groups is 1. The largest absolute Gasteiger partial charge is 0.490 e. The first-order valence-electron chi connectivity index (χ1n) is 10.3. The average molecular weight is 454 g/mol. The van der Waals surface area contributed by atoms with Crippen LogP contribution in [0.15, 0.2) is 36.4 Å². The number of rotatable bonds is 5. The zero-order valence-electron chi connectivity index (χ0n) is 18.0. The van der Waals surface area contributed by atoms with E-state index in [2.05, 4.69) is 10.6 Å². The molecule has 172 valence electrons. The molecule has 1 unspecified atom stereocenters. The molecule has 4 amide bonds. The smallest absolute Gasteiger partial charge is 0.325 e. The molecule has 1 atom stereocenters. The van der Waals surface area contributed by atoms with Crippen molar-refractivity contribution in [3.05, 3.63) is 57.6 Å². The number of fused-ring (bicyclic) bond motifs is 1. The third-order valence-electron chi connectivity index (χ3n) is 5.61. The highest BCUT2D eigenvalue weighted by Crippen LogP contribution is 2.36. The second-order valence-electron chi connectivity index (χ2n) is 7.96. The van der Waals surface area contributed by atoms with Crippen molar-refractivity contribution in [2.75, 3.05) is 25.1 Å². The molecule has 1 saturated heterocycles. The minimum Gasteiger partial charge on any atom is -0.490 e. The average Bonchev–Trinajstić information content (AvgIpc) is 2.93. The summed E-state index contributed by atoms with van der Waals surface area (Å²) in [5.74, 6) is -0.233. The lowest BCUT2D eigenvalue weighted by Crippen LogP contribution is -2.42. The molecule has 11 heteroatoms. The van der Waals surface area contributed by atoms with Crippen LogP contribution in [0.1, 0.15) is 24.5 Å². The SMILES string of the molecule is Cc1ccc([N+](=O)[O-])cc1NC(=O)CN1C(=O)NC(C)(c2ccc3c(c2)OCCCO3)C1=O. The number of hydrogen-bond donors (Lipinski definition) is 2. The van der Waals surface area contributed by atoms with Crippen molar-refractivity contribution in [1.82, 2.24) is 10.2 Å². The van der Waals surface area contributed by atoms with Gasteiger partial charge in [0, 0.05) is 18.6 Å². The maximum Gasteiger partial charge on any atom is 0.325 e. The Kier molecular flexibility index (Phi) is 5.62. The van der Waals surface area contributed by atoms with Crippen molar-refractivity contribution >= 4 is 29.2 Å². The molecule has 4 rings (SSSR count). The second kappa shape index (κ2) is 8.41. The lowest BCUT2D eigenvalue weighted by Gasteiger charge is -2.23. The summed E-state index contributed by atoms with van der Waals surface area (Å²) in [5, 5.41) is 16.2. The van der Waals surface area contributed by atoms with Gasteiger partial charge in [-0.2, -0.15) is 0 Å². The van der Waals surface area contributed by atoms with Crippen LogP contribution in [-0.4, -0.2) is 47.4 Å². The number of nitrogens with one attached hydrogen (secondary N) is 2. The van der Waals surface area contributed by atoms with E-state index in [0.717, 1.165) is 11.3 Å². The molecule has 0 bridgehead atoms. The number of aryl methyl sites for hydroxylation is 1. The molecule has 11 nitrogen and oxygen atoms in total. The fourth-order valence-electron chi connectivity index (χ4n) is 3.70. The Labute approximate surface area is 188 Å². The van der Waals surface area contributed by atoms with Gasteiger partial charge in [-0.05, 0) is 37.1 Å². The van der Waals surface area contributed by atoms with Crippen molar-refractivity contribution in [3.8, 4) is 11.5 Å². The van der Waals surface area contributed by atoms with E-state index in [-0.39, 0.29) is 11.4 Å². The fourth-order valence-corrected chi connectivity index (χ4v) is 3.70. The van der Waals surface area contributed by atoms with Gasteiger partial charge in [0.05, 0.1) is 23.8 Å². The molecule has 0 radical (unpaired) electrons. The quantitative estimate of drug-likeness (QED) is 0.402. The highest BCUT2D eigenvalue weighted by atomic mass is 16.6. The Morgan fingerprint density at radius 2 is 1.91 bits per heavy atom. The number of carbonyl (C=O) groups excluding carboxylic acids is 3. The summed E-state index contributed by atoms with van der Waals surface area (Å²) in [5.41, 5.74) is -0.269. The van der Waals surface area contributed by atoms with Gasteiger partial charge in [-0.15, -0.1) is 0 Å². The van der Waals surface area contributed by atoms with E-state index in [1.165, 1.54) is 18.2 Å². The van der Waals surface area contributed by atoms with Crippen LogP contribution in [0.2, 0.25) is 0 Å². The van der Waals surface area contributed by atoms with Crippen molar-refractivity contribution in [3.63, 3.8) is 0 Å². The topological polar surface area (TPSA) is 140 Å². The van der Waals surface area contributed by atoms with Crippen molar-refractivity contribution in [2.24, 2.45) is 0 Å². The van der Waals surface area contributed by atoms with Gasteiger partial charge in [0.15, 0.2) is 11.5 Å². The van der Waals surface area contributed by atoms with Crippen LogP contribution in [-0.2, 0) is 15.1 Å². The van der Waals surface area contributed by atoms with Crippen molar-refractivity contribution < 1.29 is 28.8 Å². The van der Waals surface area contributed by atoms with Gasteiger partial charge in [0.25, 0.3) is 11.6 Å². The van der Waals surface area contributed by atoms with Crippen LogP contribution in [0.4, 0.5) is 16.2 Å². The summed E-state index contributed by atoms with van der Waals surface area (Å²) in [6.45, 7) is 3.67. The molecule has 0 spiro atoms. The van der Waals surface area contributed by atoms with Gasteiger partial charge >= 0.3 is 6.03 Å². The highest BCUT2D eigenvalue weighted by molar-refractivity contribution is 6.10. The molecular formula is C22H22N4O7. The number of benzene rings is 2. The minimum absolute atomic E-state index is 0.187. The fraction of sp³-hybridized carbons (Fsp3) is 0.318. The molecule has 2 N–H and O–H groups in total. The molecule has 2 aliphatic rings. The van der Waals surface area contributed by atoms with E-state index < -0.39 is 34.9 Å². The van der Waals surface area contributed by atoms with E-state index in [1.807, 2.05) is 0 Å². The van der Waals surface area contributed by atoms with Gasteiger partial charge in [0.2, 0.25) is 5.91 Å². The molecule has 2 aromatic carbocycles. The van der Waals surface area contributed by atoms with Gasteiger partial charge in [0.1, 0.15) is 12.1 Å². The number of nitro groups is 1. The zero-order chi connectivity index (χ0) is 23.8. The lowest BCUT2D eigenvalue weighted by molar-refractivity contribution is -0.384. The second-order valence-corrected chi connectivity index (χ2v) is 7.96. The Morgan fingerprint density at radius 3 is 2.64 bits per heavy atom. The number of carbonyl (C=O) groups is 3. The highest BCUT2D eigenvalue weighted by Gasteiger charge is 2.49. The number of imide groups is 1. The zero-order valence-corrected chi connectivity index (χ0v) is 18.0. The monoisotopic (exact) mass is 454 g/mol. The molecule has 2 aromatic rings. The molecule has 33 heavy (non-hydrogen) atoms. The van der Waals surface area contributed by atoms with Crippen LogP contribution in [0.5, 0.6) is 11.5 Å². The van der Waals surface area contributed by atoms with E-state index in [4.69, 9.17) is 9.47 Å². The van der Waals surface area contributed by atoms with Crippen LogP contribution in [0.25, 0.3) is 0 Å². The molecule has 2 heterocycles. The first kappa shape index (κ1) is 22.1.